The minimum atomic E-state index is -4.29. The number of carbonyl (C=O) groups excluding carboxylic acids is 1. The van der Waals surface area contributed by atoms with Gasteiger partial charge in [-0.3, -0.25) is 4.79 Å². The Labute approximate surface area is 115 Å². The number of carbonyl (C=O) groups is 2. The molecule has 0 saturated heterocycles. The maximum atomic E-state index is 12.2. The van der Waals surface area contributed by atoms with Crippen LogP contribution < -0.4 is 5.32 Å². The molecule has 2 amide bonds. The van der Waals surface area contributed by atoms with Gasteiger partial charge in [-0.25, -0.2) is 4.79 Å². The summed E-state index contributed by atoms with van der Waals surface area (Å²) in [5.41, 5.74) is 0. The Bertz CT molecular complexity index is 343. The van der Waals surface area contributed by atoms with Crippen molar-refractivity contribution in [2.24, 2.45) is 5.92 Å². The van der Waals surface area contributed by atoms with Gasteiger partial charge in [-0.2, -0.15) is 13.2 Å². The molecule has 116 valence electrons. The Morgan fingerprint density at radius 1 is 1.30 bits per heavy atom. The molecule has 1 rings (SSSR count). The van der Waals surface area contributed by atoms with E-state index >= 15 is 0 Å². The highest BCUT2D eigenvalue weighted by Gasteiger charge is 2.31. The van der Waals surface area contributed by atoms with Crippen molar-refractivity contribution in [3.05, 3.63) is 0 Å². The second-order valence-electron chi connectivity index (χ2n) is 4.98. The van der Waals surface area contributed by atoms with E-state index in [-0.39, 0.29) is 25.9 Å². The average molecular weight is 296 g/mol. The molecule has 5 nitrogen and oxygen atoms in total. The van der Waals surface area contributed by atoms with Crippen LogP contribution >= 0.6 is 0 Å². The molecule has 0 aromatic rings. The number of carboxylic acid groups (broad SMARTS) is 1. The lowest BCUT2D eigenvalue weighted by Crippen LogP contribution is -2.43. The predicted octanol–water partition coefficient (Wildman–Crippen LogP) is 2.23. The van der Waals surface area contributed by atoms with Gasteiger partial charge in [0.15, 0.2) is 0 Å². The smallest absolute Gasteiger partial charge is 0.390 e. The Kier molecular flexibility index (Phi) is 6.09. The number of amides is 2. The summed E-state index contributed by atoms with van der Waals surface area (Å²) < 4.78 is 36.6. The quantitative estimate of drug-likeness (QED) is 0.675. The fraction of sp³-hybridized carbons (Fsp3) is 0.833. The number of halogens is 3. The van der Waals surface area contributed by atoms with E-state index in [1.54, 1.807) is 0 Å². The molecule has 0 spiro atoms. The van der Waals surface area contributed by atoms with Crippen LogP contribution in [0.1, 0.15) is 32.1 Å². The van der Waals surface area contributed by atoms with Crippen LogP contribution in [0.5, 0.6) is 0 Å². The van der Waals surface area contributed by atoms with Gasteiger partial charge in [0, 0.05) is 26.1 Å². The Hall–Kier alpha value is -1.47. The molecular formula is C12H19F3N2O3. The topological polar surface area (TPSA) is 69.6 Å². The van der Waals surface area contributed by atoms with E-state index in [1.807, 2.05) is 0 Å². The van der Waals surface area contributed by atoms with Crippen LogP contribution in [0, 0.1) is 5.92 Å². The maximum absolute atomic E-state index is 12.2. The molecule has 2 N–H and O–H groups in total. The highest BCUT2D eigenvalue weighted by Crippen LogP contribution is 2.30. The highest BCUT2D eigenvalue weighted by molar-refractivity contribution is 5.74. The molecular weight excluding hydrogens is 277 g/mol. The van der Waals surface area contributed by atoms with Crippen LogP contribution in [0.2, 0.25) is 0 Å². The van der Waals surface area contributed by atoms with Gasteiger partial charge in [-0.15, -0.1) is 0 Å². The molecule has 0 heterocycles. The van der Waals surface area contributed by atoms with Crippen LogP contribution in [0.4, 0.5) is 18.0 Å². The van der Waals surface area contributed by atoms with Crippen molar-refractivity contribution < 1.29 is 27.9 Å². The number of alkyl halides is 3. The zero-order chi connectivity index (χ0) is 15.2. The number of hydrogen-bond acceptors (Lipinski definition) is 2. The van der Waals surface area contributed by atoms with Crippen molar-refractivity contribution in [3.8, 4) is 0 Å². The fourth-order valence-electron chi connectivity index (χ4n) is 1.70. The molecule has 0 aromatic carbocycles. The summed E-state index contributed by atoms with van der Waals surface area (Å²) in [6.45, 7) is 0.129. The molecule has 20 heavy (non-hydrogen) atoms. The van der Waals surface area contributed by atoms with Crippen molar-refractivity contribution >= 4 is 12.0 Å². The van der Waals surface area contributed by atoms with Gasteiger partial charge in [-0.05, 0) is 25.2 Å². The molecule has 0 aliphatic heterocycles. The normalized spacial score (nSPS) is 14.9. The third-order valence-electron chi connectivity index (χ3n) is 2.97. The lowest BCUT2D eigenvalue weighted by Gasteiger charge is -2.23. The van der Waals surface area contributed by atoms with E-state index in [1.165, 1.54) is 4.90 Å². The van der Waals surface area contributed by atoms with Crippen LogP contribution in [0.15, 0.2) is 0 Å². The number of nitrogens with one attached hydrogen (secondary N) is 1. The molecule has 1 aliphatic carbocycles. The summed E-state index contributed by atoms with van der Waals surface area (Å²) in [4.78, 5) is 23.2. The van der Waals surface area contributed by atoms with E-state index in [0.717, 1.165) is 12.8 Å². The molecule has 1 saturated carbocycles. The second kappa shape index (κ2) is 7.35. The van der Waals surface area contributed by atoms with E-state index in [9.17, 15) is 22.8 Å². The number of nitrogens with zero attached hydrogens (tertiary/aromatic N) is 1. The van der Waals surface area contributed by atoms with Crippen LogP contribution in [-0.2, 0) is 4.79 Å². The average Bonchev–Trinajstić information content (AvgIpc) is 3.12. The van der Waals surface area contributed by atoms with Gasteiger partial charge in [0.1, 0.15) is 0 Å². The summed E-state index contributed by atoms with van der Waals surface area (Å²) in [6, 6.07) is -0.550. The van der Waals surface area contributed by atoms with Crippen LogP contribution in [0.3, 0.4) is 0 Å². The van der Waals surface area contributed by atoms with Crippen molar-refractivity contribution in [2.75, 3.05) is 19.6 Å². The molecule has 0 atom stereocenters. The van der Waals surface area contributed by atoms with Gasteiger partial charge in [-0.1, -0.05) is 0 Å². The zero-order valence-electron chi connectivity index (χ0n) is 11.1. The monoisotopic (exact) mass is 296 g/mol. The first-order chi connectivity index (χ1) is 9.28. The number of carboxylic acids is 1. The Morgan fingerprint density at radius 2 is 1.95 bits per heavy atom. The Morgan fingerprint density at radius 3 is 2.45 bits per heavy atom. The van der Waals surface area contributed by atoms with E-state index in [4.69, 9.17) is 5.11 Å². The third kappa shape index (κ3) is 7.85. The zero-order valence-corrected chi connectivity index (χ0v) is 11.1. The predicted molar refractivity (Wildman–Crippen MR) is 65.2 cm³/mol. The summed E-state index contributed by atoms with van der Waals surface area (Å²) in [5, 5.41) is 10.9. The van der Waals surface area contributed by atoms with Gasteiger partial charge < -0.3 is 15.3 Å². The van der Waals surface area contributed by atoms with Gasteiger partial charge in [0.25, 0.3) is 0 Å². The number of hydrogen-bond donors (Lipinski definition) is 2. The standard InChI is InChI=1S/C12H19F3N2O3/c13-12(14,15)5-7-17(8-9-3-4-9)11(20)16-6-1-2-10(18)19/h9H,1-8H2,(H,16,20)(H,18,19). The summed E-state index contributed by atoms with van der Waals surface area (Å²) >= 11 is 0. The van der Waals surface area contributed by atoms with Crippen molar-refractivity contribution in [1.29, 1.82) is 0 Å². The number of urea groups is 1. The van der Waals surface area contributed by atoms with E-state index < -0.39 is 24.6 Å². The SMILES string of the molecule is O=C(O)CCCNC(=O)N(CCC(F)(F)F)CC1CC1. The van der Waals surface area contributed by atoms with Crippen molar-refractivity contribution in [1.82, 2.24) is 10.2 Å². The fourth-order valence-corrected chi connectivity index (χ4v) is 1.70. The highest BCUT2D eigenvalue weighted by atomic mass is 19.4. The summed E-state index contributed by atoms with van der Waals surface area (Å²) in [5.74, 6) is -0.667. The number of aliphatic carboxylic acids is 1. The Balaban J connectivity index is 2.32. The summed E-state index contributed by atoms with van der Waals surface area (Å²) in [7, 11) is 0. The van der Waals surface area contributed by atoms with Crippen molar-refractivity contribution in [2.45, 2.75) is 38.3 Å². The number of rotatable bonds is 8. The molecule has 1 fully saturated rings. The lowest BCUT2D eigenvalue weighted by atomic mass is 10.3. The van der Waals surface area contributed by atoms with E-state index in [2.05, 4.69) is 5.32 Å². The van der Waals surface area contributed by atoms with Crippen LogP contribution in [0.25, 0.3) is 0 Å². The molecule has 0 unspecified atom stereocenters. The van der Waals surface area contributed by atoms with Gasteiger partial charge >= 0.3 is 18.2 Å². The maximum Gasteiger partial charge on any atom is 0.390 e. The molecule has 0 aromatic heterocycles. The summed E-state index contributed by atoms with van der Waals surface area (Å²) in [6.07, 6.45) is -3.25. The van der Waals surface area contributed by atoms with Crippen LogP contribution in [-0.4, -0.2) is 47.8 Å². The largest absolute Gasteiger partial charge is 0.481 e. The first kappa shape index (κ1) is 16.6. The second-order valence-corrected chi connectivity index (χ2v) is 4.98. The van der Waals surface area contributed by atoms with Gasteiger partial charge in [0.2, 0.25) is 0 Å². The minimum absolute atomic E-state index is 0.0779. The lowest BCUT2D eigenvalue weighted by molar-refractivity contribution is -0.138. The minimum Gasteiger partial charge on any atom is -0.481 e. The first-order valence-electron chi connectivity index (χ1n) is 6.59. The first-order valence-corrected chi connectivity index (χ1v) is 6.59. The molecule has 0 radical (unpaired) electrons. The van der Waals surface area contributed by atoms with Crippen molar-refractivity contribution in [3.63, 3.8) is 0 Å². The molecule has 0 bridgehead atoms. The molecule has 8 heteroatoms. The van der Waals surface area contributed by atoms with Gasteiger partial charge in [0.05, 0.1) is 6.42 Å². The van der Waals surface area contributed by atoms with E-state index in [0.29, 0.717) is 12.5 Å². The molecule has 1 aliphatic rings. The third-order valence-corrected chi connectivity index (χ3v) is 2.97.